The number of hydrogen-bond donors (Lipinski definition) is 1. The molecule has 202 valence electrons. The highest BCUT2D eigenvalue weighted by atomic mass is 35.5. The summed E-state index contributed by atoms with van der Waals surface area (Å²) in [6, 6.07) is 14.1. The van der Waals surface area contributed by atoms with Gasteiger partial charge in [0.2, 0.25) is 15.9 Å². The van der Waals surface area contributed by atoms with Gasteiger partial charge in [-0.25, -0.2) is 8.42 Å². The fourth-order valence-electron chi connectivity index (χ4n) is 4.00. The van der Waals surface area contributed by atoms with Gasteiger partial charge in [-0.15, -0.1) is 10.2 Å². The minimum Gasteiger partial charge on any atom is -0.339 e. The van der Waals surface area contributed by atoms with E-state index < -0.39 is 10.0 Å². The van der Waals surface area contributed by atoms with Gasteiger partial charge in [0.15, 0.2) is 5.16 Å². The van der Waals surface area contributed by atoms with Gasteiger partial charge >= 0.3 is 0 Å². The van der Waals surface area contributed by atoms with Gasteiger partial charge in [0.1, 0.15) is 5.69 Å². The van der Waals surface area contributed by atoms with Gasteiger partial charge in [-0.2, -0.15) is 4.31 Å². The smallest absolute Gasteiger partial charge is 0.273 e. The third-order valence-electron chi connectivity index (χ3n) is 6.31. The highest BCUT2D eigenvalue weighted by Crippen LogP contribution is 2.23. The van der Waals surface area contributed by atoms with Crippen molar-refractivity contribution in [2.45, 2.75) is 42.7 Å². The molecule has 0 saturated carbocycles. The Balaban J connectivity index is 1.29. The number of halogens is 1. The Bertz CT molecular complexity index is 1440. The maximum Gasteiger partial charge on any atom is 0.273 e. The van der Waals surface area contributed by atoms with Crippen molar-refractivity contribution in [1.82, 2.24) is 24.4 Å². The number of thioether (sulfide) groups is 1. The lowest BCUT2D eigenvalue weighted by atomic mass is 9.86. The number of hydrogen-bond acceptors (Lipinski definition) is 7. The molecule has 3 aromatic rings. The fourth-order valence-corrected chi connectivity index (χ4v) is 6.25. The summed E-state index contributed by atoms with van der Waals surface area (Å²) in [6.45, 7) is 7.39. The van der Waals surface area contributed by atoms with Gasteiger partial charge in [0.25, 0.3) is 5.56 Å². The molecule has 1 fully saturated rings. The van der Waals surface area contributed by atoms with Crippen LogP contribution in [0.1, 0.15) is 37.6 Å². The predicted molar refractivity (Wildman–Crippen MR) is 148 cm³/mol. The van der Waals surface area contributed by atoms with Gasteiger partial charge in [-0.05, 0) is 40.8 Å². The molecular weight excluding hydrogens is 546 g/mol. The van der Waals surface area contributed by atoms with Crippen LogP contribution >= 0.6 is 23.4 Å². The van der Waals surface area contributed by atoms with E-state index in [1.165, 1.54) is 34.1 Å². The molecule has 12 heteroatoms. The third kappa shape index (κ3) is 6.82. The van der Waals surface area contributed by atoms with Crippen LogP contribution in [0.3, 0.4) is 0 Å². The fraction of sp³-hybridized carbons (Fsp3) is 0.385. The summed E-state index contributed by atoms with van der Waals surface area (Å²) in [5, 5.41) is 8.89. The average molecular weight is 576 g/mol. The summed E-state index contributed by atoms with van der Waals surface area (Å²) < 4.78 is 27.0. The van der Waals surface area contributed by atoms with E-state index >= 15 is 0 Å². The summed E-state index contributed by atoms with van der Waals surface area (Å²) in [5.41, 5.74) is 2.19. The second-order valence-electron chi connectivity index (χ2n) is 10.1. The third-order valence-corrected chi connectivity index (χ3v) is 9.32. The molecule has 4 rings (SSSR count). The number of carbonyl (C=O) groups excluding carboxylic acids is 1. The second kappa shape index (κ2) is 11.6. The molecule has 0 atom stereocenters. The topological polar surface area (TPSA) is 116 Å². The van der Waals surface area contributed by atoms with Crippen molar-refractivity contribution in [2.75, 3.05) is 31.9 Å². The minimum absolute atomic E-state index is 0.0504. The Kier molecular flexibility index (Phi) is 8.61. The van der Waals surface area contributed by atoms with Crippen LogP contribution < -0.4 is 5.56 Å². The molecule has 0 radical (unpaired) electrons. The molecule has 1 aliphatic heterocycles. The van der Waals surface area contributed by atoms with Gasteiger partial charge in [0.05, 0.1) is 10.6 Å². The van der Waals surface area contributed by atoms with E-state index in [0.29, 0.717) is 17.1 Å². The number of benzene rings is 2. The van der Waals surface area contributed by atoms with E-state index in [9.17, 15) is 18.0 Å². The maximum absolute atomic E-state index is 12.8. The lowest BCUT2D eigenvalue weighted by molar-refractivity contribution is -0.129. The number of carbonyl (C=O) groups is 1. The Morgan fingerprint density at radius 3 is 2.21 bits per heavy atom. The Morgan fingerprint density at radius 2 is 1.63 bits per heavy atom. The molecule has 1 aliphatic rings. The molecule has 38 heavy (non-hydrogen) atoms. The zero-order valence-corrected chi connectivity index (χ0v) is 23.9. The molecule has 2 heterocycles. The molecule has 1 aromatic heterocycles. The first kappa shape index (κ1) is 28.3. The summed E-state index contributed by atoms with van der Waals surface area (Å²) >= 11 is 6.96. The molecule has 9 nitrogen and oxygen atoms in total. The van der Waals surface area contributed by atoms with Crippen molar-refractivity contribution >= 4 is 39.3 Å². The molecule has 2 aromatic carbocycles. The van der Waals surface area contributed by atoms with Gasteiger partial charge in [-0.3, -0.25) is 14.6 Å². The SMILES string of the molecule is CC(C)(C)c1ccc(Cc2nnc(SCC(=O)N3CCN(S(=O)(=O)c4ccc(Cl)cc4)CC3)[nH]c2=O)cc1. The molecule has 1 N–H and O–H groups in total. The van der Waals surface area contributed by atoms with Crippen LogP contribution in [0.25, 0.3) is 0 Å². The van der Waals surface area contributed by atoms with Crippen molar-refractivity contribution in [3.63, 3.8) is 0 Å². The maximum atomic E-state index is 12.8. The largest absolute Gasteiger partial charge is 0.339 e. The van der Waals surface area contributed by atoms with Gasteiger partial charge < -0.3 is 4.90 Å². The van der Waals surface area contributed by atoms with E-state index in [0.717, 1.165) is 17.3 Å². The molecule has 1 saturated heterocycles. The van der Waals surface area contributed by atoms with Crippen molar-refractivity contribution in [1.29, 1.82) is 0 Å². The van der Waals surface area contributed by atoms with Crippen LogP contribution in [0, 0.1) is 0 Å². The molecule has 1 amide bonds. The van der Waals surface area contributed by atoms with Crippen LogP contribution in [-0.2, 0) is 26.7 Å². The number of H-pyrrole nitrogens is 1. The number of nitrogens with zero attached hydrogens (tertiary/aromatic N) is 4. The number of piperazine rings is 1. The number of rotatable bonds is 7. The minimum atomic E-state index is -3.65. The van der Waals surface area contributed by atoms with E-state index in [4.69, 9.17) is 11.6 Å². The molecule has 0 unspecified atom stereocenters. The van der Waals surface area contributed by atoms with Crippen LogP contribution in [0.4, 0.5) is 0 Å². The van der Waals surface area contributed by atoms with Crippen LogP contribution in [-0.4, -0.2) is 70.6 Å². The first-order chi connectivity index (χ1) is 17.9. The Hall–Kier alpha value is -2.73. The first-order valence-electron chi connectivity index (χ1n) is 12.1. The highest BCUT2D eigenvalue weighted by molar-refractivity contribution is 7.99. The van der Waals surface area contributed by atoms with Crippen molar-refractivity contribution < 1.29 is 13.2 Å². The van der Waals surface area contributed by atoms with Crippen molar-refractivity contribution in [3.05, 3.63) is 80.7 Å². The lowest BCUT2D eigenvalue weighted by Gasteiger charge is -2.34. The summed E-state index contributed by atoms with van der Waals surface area (Å²) in [5.74, 6) is -0.105. The van der Waals surface area contributed by atoms with Crippen molar-refractivity contribution in [2.24, 2.45) is 0 Å². The summed E-state index contributed by atoms with van der Waals surface area (Å²) in [6.07, 6.45) is 0.361. The standard InChI is InChI=1S/C26H30ClN5O4S2/c1-26(2,3)19-6-4-18(5-7-19)16-22-24(34)28-25(30-29-22)37-17-23(33)31-12-14-32(15-13-31)38(35,36)21-10-8-20(27)9-11-21/h4-11H,12-17H2,1-3H3,(H,28,30,34). The second-order valence-corrected chi connectivity index (χ2v) is 13.4. The number of amides is 1. The Morgan fingerprint density at radius 1 is 1.00 bits per heavy atom. The van der Waals surface area contributed by atoms with Gasteiger partial charge in [0, 0.05) is 37.6 Å². The zero-order chi connectivity index (χ0) is 27.5. The summed E-state index contributed by atoms with van der Waals surface area (Å²) in [4.78, 5) is 29.7. The zero-order valence-electron chi connectivity index (χ0n) is 21.5. The molecule has 0 spiro atoms. The first-order valence-corrected chi connectivity index (χ1v) is 15.0. The predicted octanol–water partition coefficient (Wildman–Crippen LogP) is 3.33. The monoisotopic (exact) mass is 575 g/mol. The quantitative estimate of drug-likeness (QED) is 0.429. The van der Waals surface area contributed by atoms with E-state index in [2.05, 4.69) is 48.1 Å². The van der Waals surface area contributed by atoms with Crippen LogP contribution in [0.5, 0.6) is 0 Å². The molecule has 0 bridgehead atoms. The lowest BCUT2D eigenvalue weighted by Crippen LogP contribution is -2.50. The van der Waals surface area contributed by atoms with Crippen molar-refractivity contribution in [3.8, 4) is 0 Å². The summed E-state index contributed by atoms with van der Waals surface area (Å²) in [7, 11) is -3.65. The van der Waals surface area contributed by atoms with Crippen LogP contribution in [0.15, 0.2) is 63.4 Å². The number of nitrogens with one attached hydrogen (secondary N) is 1. The normalized spacial score (nSPS) is 15.0. The van der Waals surface area contributed by atoms with E-state index in [1.54, 1.807) is 4.90 Å². The van der Waals surface area contributed by atoms with E-state index in [-0.39, 0.29) is 58.9 Å². The van der Waals surface area contributed by atoms with Gasteiger partial charge in [-0.1, -0.05) is 68.4 Å². The van der Waals surface area contributed by atoms with E-state index in [1.807, 2.05) is 12.1 Å². The Labute approximate surface area is 231 Å². The average Bonchev–Trinajstić information content (AvgIpc) is 2.89. The van der Waals surface area contributed by atoms with Crippen LogP contribution in [0.2, 0.25) is 5.02 Å². The number of aromatic amines is 1. The molecule has 0 aliphatic carbocycles. The highest BCUT2D eigenvalue weighted by Gasteiger charge is 2.30. The number of aromatic nitrogens is 3. The number of sulfonamides is 1. The molecular formula is C26H30ClN5O4S2.